The zero-order valence-electron chi connectivity index (χ0n) is 71.2. The first-order chi connectivity index (χ1) is 52.4. The van der Waals surface area contributed by atoms with Crippen LogP contribution in [-0.4, -0.2) is 96.7 Å². The number of aliphatic hydroxyl groups is 1. The Labute approximate surface area is 664 Å². The Balaban J connectivity index is 5.26. The summed E-state index contributed by atoms with van der Waals surface area (Å²) in [6.45, 7) is 9.73. The molecule has 108 heavy (non-hydrogen) atoms. The Morgan fingerprint density at radius 3 is 0.704 bits per heavy atom. The average molecular weight is 1580 g/mol. The lowest BCUT2D eigenvalue weighted by Crippen LogP contribution is -2.30. The van der Waals surface area contributed by atoms with Gasteiger partial charge >= 0.3 is 39.5 Å². The number of hydrogen-bond acceptors (Lipinski definition) is 15. The molecular weight excluding hydrogens is 1400 g/mol. The maximum absolute atomic E-state index is 13.2. The molecule has 0 aromatic heterocycles. The molecule has 6 atom stereocenters. The summed E-state index contributed by atoms with van der Waals surface area (Å²) in [5.74, 6) is -0.507. The predicted octanol–water partition coefficient (Wildman–Crippen LogP) is 27.4. The van der Waals surface area contributed by atoms with Crippen molar-refractivity contribution in [1.82, 2.24) is 0 Å². The number of esters is 4. The van der Waals surface area contributed by atoms with Crippen LogP contribution in [0.2, 0.25) is 0 Å². The molecule has 19 heteroatoms. The van der Waals surface area contributed by atoms with Gasteiger partial charge in [0.25, 0.3) is 0 Å². The fraction of sp³-hybridized carbons (Fsp3) is 0.955. The Kier molecular flexibility index (Phi) is 78.8. The third kappa shape index (κ3) is 80.7. The van der Waals surface area contributed by atoms with E-state index in [0.717, 1.165) is 102 Å². The Morgan fingerprint density at radius 2 is 0.472 bits per heavy atom. The number of carbonyl (C=O) groups is 4. The molecule has 0 saturated heterocycles. The van der Waals surface area contributed by atoms with E-state index in [9.17, 15) is 43.2 Å². The summed E-state index contributed by atoms with van der Waals surface area (Å²) in [5, 5.41) is 10.7. The normalized spacial score (nSPS) is 14.0. The van der Waals surface area contributed by atoms with Gasteiger partial charge in [-0.2, -0.15) is 0 Å². The number of aliphatic hydroxyl groups excluding tert-OH is 1. The summed E-state index contributed by atoms with van der Waals surface area (Å²) in [6.07, 6.45) is 73.6. The summed E-state index contributed by atoms with van der Waals surface area (Å²) >= 11 is 0. The predicted molar refractivity (Wildman–Crippen MR) is 446 cm³/mol. The summed E-state index contributed by atoms with van der Waals surface area (Å²) < 4.78 is 69.0. The van der Waals surface area contributed by atoms with Crippen molar-refractivity contribution in [2.24, 2.45) is 11.8 Å². The molecule has 0 amide bonds. The fourth-order valence-electron chi connectivity index (χ4n) is 13.9. The van der Waals surface area contributed by atoms with Crippen molar-refractivity contribution in [2.75, 3.05) is 39.6 Å². The van der Waals surface area contributed by atoms with Gasteiger partial charge in [0.1, 0.15) is 19.3 Å². The second-order valence-electron chi connectivity index (χ2n) is 32.7. The highest BCUT2D eigenvalue weighted by atomic mass is 31.2. The second kappa shape index (κ2) is 80.3. The lowest BCUT2D eigenvalue weighted by Gasteiger charge is -2.21. The van der Waals surface area contributed by atoms with Gasteiger partial charge in [0.05, 0.1) is 26.4 Å². The zero-order chi connectivity index (χ0) is 79.2. The van der Waals surface area contributed by atoms with Crippen LogP contribution in [-0.2, 0) is 65.4 Å². The molecule has 0 aliphatic rings. The van der Waals surface area contributed by atoms with Gasteiger partial charge in [-0.05, 0) is 37.5 Å². The standard InChI is InChI=1S/C89H174O17P2/c1-7-10-12-14-16-18-20-22-24-26-27-28-30-36-40-44-48-56-62-68-73-88(93)105-84(77-99-86(91)71-65-59-53-46-42-38-34-32-31-33-37-41-45-51-57-63-69-81(4)5)79-103-107(95,96)101-75-83(90)76-102-108(97,98)104-80-85(78-100-87(92)72-66-60-54-50-49-52-58-64-70-82(6)9-3)106-89(94)74-67-61-55-47-43-39-35-29-25-23-21-19-17-15-13-11-8-2/h81-85,90H,7-80H2,1-6H3,(H,95,96)(H,97,98)/t82?,83-,84-,85-/m1/s1. The SMILES string of the molecule is CCCCCCCCCCCCCCCCCCCCCCC(=O)O[C@H](COC(=O)CCCCCCCCCCCCCCCCCCC(C)C)COP(=O)(O)OC[C@@H](O)COP(=O)(O)OC[C@@H](COC(=O)CCCCCCCCCCC(C)CC)OC(=O)CCCCCCCCCCCCCCCCCCC. The third-order valence-corrected chi connectivity index (χ3v) is 23.2. The molecule has 642 valence electrons. The van der Waals surface area contributed by atoms with Crippen LogP contribution in [0.25, 0.3) is 0 Å². The average Bonchev–Trinajstić information content (AvgIpc) is 0.898. The quantitative estimate of drug-likeness (QED) is 0.0222. The molecule has 0 radical (unpaired) electrons. The van der Waals surface area contributed by atoms with E-state index >= 15 is 0 Å². The third-order valence-electron chi connectivity index (χ3n) is 21.3. The number of rotatable bonds is 88. The van der Waals surface area contributed by atoms with Crippen molar-refractivity contribution in [3.63, 3.8) is 0 Å². The molecule has 17 nitrogen and oxygen atoms in total. The van der Waals surface area contributed by atoms with Crippen molar-refractivity contribution in [3.05, 3.63) is 0 Å². The number of phosphoric ester groups is 2. The molecule has 0 rings (SSSR count). The van der Waals surface area contributed by atoms with Gasteiger partial charge in [0.2, 0.25) is 0 Å². The van der Waals surface area contributed by atoms with Crippen molar-refractivity contribution >= 4 is 39.5 Å². The number of phosphoric acid groups is 2. The summed E-state index contributed by atoms with van der Waals surface area (Å²) in [5.41, 5.74) is 0. The van der Waals surface area contributed by atoms with Crippen LogP contribution in [0, 0.1) is 11.8 Å². The van der Waals surface area contributed by atoms with Crippen LogP contribution >= 0.6 is 15.6 Å². The van der Waals surface area contributed by atoms with Gasteiger partial charge in [0, 0.05) is 25.7 Å². The number of hydrogen-bond donors (Lipinski definition) is 3. The van der Waals surface area contributed by atoms with E-state index < -0.39 is 97.5 Å². The first-order valence-electron chi connectivity index (χ1n) is 46.0. The first-order valence-corrected chi connectivity index (χ1v) is 49.0. The van der Waals surface area contributed by atoms with E-state index in [0.29, 0.717) is 25.7 Å². The molecular formula is C89H174O17P2. The highest BCUT2D eigenvalue weighted by Gasteiger charge is 2.31. The van der Waals surface area contributed by atoms with E-state index in [1.165, 1.54) is 295 Å². The van der Waals surface area contributed by atoms with Gasteiger partial charge in [-0.15, -0.1) is 0 Å². The van der Waals surface area contributed by atoms with Crippen molar-refractivity contribution in [3.8, 4) is 0 Å². The summed E-state index contributed by atoms with van der Waals surface area (Å²) in [6, 6.07) is 0. The smallest absolute Gasteiger partial charge is 0.462 e. The molecule has 0 heterocycles. The molecule has 3 N–H and O–H groups in total. The second-order valence-corrected chi connectivity index (χ2v) is 35.6. The van der Waals surface area contributed by atoms with E-state index in [2.05, 4.69) is 41.5 Å². The molecule has 0 bridgehead atoms. The van der Waals surface area contributed by atoms with Crippen molar-refractivity contribution < 1.29 is 80.2 Å². The molecule has 0 aromatic carbocycles. The van der Waals surface area contributed by atoms with Gasteiger partial charge in [-0.1, -0.05) is 427 Å². The maximum atomic E-state index is 13.2. The number of carbonyl (C=O) groups excluding carboxylic acids is 4. The fourth-order valence-corrected chi connectivity index (χ4v) is 15.5. The van der Waals surface area contributed by atoms with Crippen LogP contribution in [0.5, 0.6) is 0 Å². The Morgan fingerprint density at radius 1 is 0.269 bits per heavy atom. The van der Waals surface area contributed by atoms with E-state index in [1.807, 2.05) is 0 Å². The van der Waals surface area contributed by atoms with Crippen LogP contribution in [0.1, 0.15) is 478 Å². The van der Waals surface area contributed by atoms with Crippen molar-refractivity contribution in [1.29, 1.82) is 0 Å². The van der Waals surface area contributed by atoms with E-state index in [1.54, 1.807) is 0 Å². The molecule has 0 aliphatic heterocycles. The minimum Gasteiger partial charge on any atom is -0.462 e. The van der Waals surface area contributed by atoms with Crippen molar-refractivity contribution in [2.45, 2.75) is 496 Å². The van der Waals surface area contributed by atoms with Gasteiger partial charge < -0.3 is 33.8 Å². The molecule has 0 aliphatic carbocycles. The molecule has 0 saturated carbocycles. The molecule has 0 spiro atoms. The number of ether oxygens (including phenoxy) is 4. The monoisotopic (exact) mass is 1580 g/mol. The topological polar surface area (TPSA) is 237 Å². The van der Waals surface area contributed by atoms with Gasteiger partial charge in [-0.3, -0.25) is 37.3 Å². The lowest BCUT2D eigenvalue weighted by molar-refractivity contribution is -0.161. The number of unbranched alkanes of at least 4 members (excludes halogenated alkanes) is 57. The summed E-state index contributed by atoms with van der Waals surface area (Å²) in [7, 11) is -9.93. The van der Waals surface area contributed by atoms with Gasteiger partial charge in [-0.25, -0.2) is 9.13 Å². The molecule has 3 unspecified atom stereocenters. The van der Waals surface area contributed by atoms with E-state index in [4.69, 9.17) is 37.0 Å². The largest absolute Gasteiger partial charge is 0.472 e. The Hall–Kier alpha value is -1.94. The minimum absolute atomic E-state index is 0.108. The van der Waals surface area contributed by atoms with Crippen LogP contribution in [0.15, 0.2) is 0 Å². The van der Waals surface area contributed by atoms with Crippen LogP contribution < -0.4 is 0 Å². The molecule has 0 aromatic rings. The lowest BCUT2D eigenvalue weighted by atomic mass is 9.99. The molecule has 0 fully saturated rings. The zero-order valence-corrected chi connectivity index (χ0v) is 73.0. The highest BCUT2D eigenvalue weighted by Crippen LogP contribution is 2.45. The highest BCUT2D eigenvalue weighted by molar-refractivity contribution is 7.47. The van der Waals surface area contributed by atoms with Crippen LogP contribution in [0.3, 0.4) is 0 Å². The van der Waals surface area contributed by atoms with E-state index in [-0.39, 0.29) is 25.7 Å². The Bertz CT molecular complexity index is 2070. The first kappa shape index (κ1) is 106. The van der Waals surface area contributed by atoms with Crippen LogP contribution in [0.4, 0.5) is 0 Å². The van der Waals surface area contributed by atoms with Gasteiger partial charge in [0.15, 0.2) is 12.2 Å². The maximum Gasteiger partial charge on any atom is 0.472 e. The minimum atomic E-state index is -4.97. The summed E-state index contributed by atoms with van der Waals surface area (Å²) in [4.78, 5) is 73.4.